The van der Waals surface area contributed by atoms with E-state index in [1.54, 1.807) is 0 Å². The third-order valence-corrected chi connectivity index (χ3v) is 3.55. The zero-order chi connectivity index (χ0) is 11.5. The number of hydrogen-bond donors (Lipinski definition) is 1. The maximum Gasteiger partial charge on any atom is 0.223 e. The van der Waals surface area contributed by atoms with E-state index < -0.39 is 0 Å². The molecule has 88 valence electrons. The molecule has 1 saturated carbocycles. The summed E-state index contributed by atoms with van der Waals surface area (Å²) in [6.07, 6.45) is 3.64. The number of alkyl halides is 1. The molecule has 2 atom stereocenters. The molecule has 0 amide bonds. The number of nitrogens with zero attached hydrogens (tertiary/aromatic N) is 2. The van der Waals surface area contributed by atoms with Crippen LogP contribution in [0.3, 0.4) is 0 Å². The standard InChI is InChI=1S/C12H18ClN3/c1-8-6-9(2)15-12(14-8)16-11-5-3-4-10(11)7-13/h6,10-11H,3-5,7H2,1-2H3,(H,14,15,16). The van der Waals surface area contributed by atoms with Crippen molar-refractivity contribution in [2.45, 2.75) is 39.2 Å². The molecule has 1 aliphatic rings. The number of aryl methyl sites for hydroxylation is 2. The molecule has 0 saturated heterocycles. The van der Waals surface area contributed by atoms with Gasteiger partial charge in [-0.2, -0.15) is 0 Å². The van der Waals surface area contributed by atoms with E-state index in [4.69, 9.17) is 11.6 Å². The van der Waals surface area contributed by atoms with Gasteiger partial charge in [0.2, 0.25) is 5.95 Å². The molecule has 2 rings (SSSR count). The average molecular weight is 240 g/mol. The van der Waals surface area contributed by atoms with Crippen LogP contribution in [0.5, 0.6) is 0 Å². The molecule has 0 aromatic carbocycles. The molecule has 0 radical (unpaired) electrons. The van der Waals surface area contributed by atoms with E-state index in [2.05, 4.69) is 15.3 Å². The topological polar surface area (TPSA) is 37.8 Å². The highest BCUT2D eigenvalue weighted by Crippen LogP contribution is 2.28. The van der Waals surface area contributed by atoms with Crippen LogP contribution in [-0.4, -0.2) is 21.9 Å². The van der Waals surface area contributed by atoms with Crippen LogP contribution in [0.2, 0.25) is 0 Å². The van der Waals surface area contributed by atoms with Gasteiger partial charge in [0.25, 0.3) is 0 Å². The lowest BCUT2D eigenvalue weighted by Crippen LogP contribution is -2.26. The summed E-state index contributed by atoms with van der Waals surface area (Å²) in [5.74, 6) is 2.04. The molecule has 1 aromatic heterocycles. The molecule has 1 fully saturated rings. The smallest absolute Gasteiger partial charge is 0.223 e. The van der Waals surface area contributed by atoms with Crippen LogP contribution >= 0.6 is 11.6 Å². The van der Waals surface area contributed by atoms with Crippen LogP contribution in [-0.2, 0) is 0 Å². The number of hydrogen-bond acceptors (Lipinski definition) is 3. The van der Waals surface area contributed by atoms with Gasteiger partial charge in [0, 0.05) is 23.3 Å². The summed E-state index contributed by atoms with van der Waals surface area (Å²) in [5.41, 5.74) is 2.02. The summed E-state index contributed by atoms with van der Waals surface area (Å²) in [6.45, 7) is 3.99. The highest BCUT2D eigenvalue weighted by molar-refractivity contribution is 6.18. The Bertz CT molecular complexity index is 347. The SMILES string of the molecule is Cc1cc(C)nc(NC2CCCC2CCl)n1. The van der Waals surface area contributed by atoms with Gasteiger partial charge in [-0.15, -0.1) is 11.6 Å². The zero-order valence-electron chi connectivity index (χ0n) is 9.83. The fourth-order valence-corrected chi connectivity index (χ4v) is 2.74. The van der Waals surface area contributed by atoms with E-state index >= 15 is 0 Å². The molecule has 0 spiro atoms. The van der Waals surface area contributed by atoms with Gasteiger partial charge in [0.1, 0.15) is 0 Å². The van der Waals surface area contributed by atoms with Crippen molar-refractivity contribution < 1.29 is 0 Å². The third kappa shape index (κ3) is 2.64. The van der Waals surface area contributed by atoms with Gasteiger partial charge in [0.15, 0.2) is 0 Å². The predicted molar refractivity (Wildman–Crippen MR) is 67.0 cm³/mol. The summed E-state index contributed by atoms with van der Waals surface area (Å²) in [6, 6.07) is 2.43. The first kappa shape index (κ1) is 11.6. The van der Waals surface area contributed by atoms with E-state index in [-0.39, 0.29) is 0 Å². The first-order valence-corrected chi connectivity index (χ1v) is 6.37. The zero-order valence-corrected chi connectivity index (χ0v) is 10.6. The van der Waals surface area contributed by atoms with Gasteiger partial charge in [-0.3, -0.25) is 0 Å². The maximum atomic E-state index is 5.95. The first-order chi connectivity index (χ1) is 7.69. The fraction of sp³-hybridized carbons (Fsp3) is 0.667. The van der Waals surface area contributed by atoms with Crippen LogP contribution < -0.4 is 5.32 Å². The highest BCUT2D eigenvalue weighted by Gasteiger charge is 2.26. The quantitative estimate of drug-likeness (QED) is 0.825. The Balaban J connectivity index is 2.08. The van der Waals surface area contributed by atoms with Crippen molar-refractivity contribution in [3.05, 3.63) is 17.5 Å². The maximum absolute atomic E-state index is 5.95. The molecule has 4 heteroatoms. The van der Waals surface area contributed by atoms with Crippen LogP contribution in [0.1, 0.15) is 30.7 Å². The Morgan fingerprint density at radius 3 is 2.62 bits per heavy atom. The van der Waals surface area contributed by atoms with Crippen LogP contribution in [0.15, 0.2) is 6.07 Å². The van der Waals surface area contributed by atoms with Crippen molar-refractivity contribution >= 4 is 17.5 Å². The lowest BCUT2D eigenvalue weighted by Gasteiger charge is -2.19. The Hall–Kier alpha value is -0.830. The minimum atomic E-state index is 0.443. The molecule has 0 aliphatic heterocycles. The lowest BCUT2D eigenvalue weighted by molar-refractivity contribution is 0.559. The molecule has 16 heavy (non-hydrogen) atoms. The van der Waals surface area contributed by atoms with Gasteiger partial charge in [-0.1, -0.05) is 6.42 Å². The van der Waals surface area contributed by atoms with Gasteiger partial charge >= 0.3 is 0 Å². The van der Waals surface area contributed by atoms with E-state index in [0.29, 0.717) is 12.0 Å². The Labute approximate surface area is 102 Å². The largest absolute Gasteiger partial charge is 0.351 e. The van der Waals surface area contributed by atoms with Gasteiger partial charge in [-0.05, 0) is 38.7 Å². The molecular weight excluding hydrogens is 222 g/mol. The molecular formula is C12H18ClN3. The minimum Gasteiger partial charge on any atom is -0.351 e. The van der Waals surface area contributed by atoms with E-state index in [0.717, 1.165) is 23.2 Å². The number of halogens is 1. The molecule has 2 unspecified atom stereocenters. The Morgan fingerprint density at radius 1 is 1.31 bits per heavy atom. The second-order valence-electron chi connectivity index (χ2n) is 4.57. The number of anilines is 1. The number of rotatable bonds is 3. The van der Waals surface area contributed by atoms with Crippen LogP contribution in [0.4, 0.5) is 5.95 Å². The van der Waals surface area contributed by atoms with Gasteiger partial charge < -0.3 is 5.32 Å². The monoisotopic (exact) mass is 239 g/mol. The van der Waals surface area contributed by atoms with Crippen molar-refractivity contribution in [3.8, 4) is 0 Å². The predicted octanol–water partition coefficient (Wildman–Crippen LogP) is 2.91. The van der Waals surface area contributed by atoms with Crippen molar-refractivity contribution in [3.63, 3.8) is 0 Å². The summed E-state index contributed by atoms with van der Waals surface area (Å²) < 4.78 is 0. The van der Waals surface area contributed by atoms with Crippen LogP contribution in [0.25, 0.3) is 0 Å². The normalized spacial score (nSPS) is 24.7. The molecule has 1 N–H and O–H groups in total. The minimum absolute atomic E-state index is 0.443. The third-order valence-electron chi connectivity index (χ3n) is 3.15. The second kappa shape index (κ2) is 5.00. The summed E-state index contributed by atoms with van der Waals surface area (Å²) >= 11 is 5.95. The Kier molecular flexibility index (Phi) is 3.64. The van der Waals surface area contributed by atoms with Crippen molar-refractivity contribution in [1.29, 1.82) is 0 Å². The molecule has 0 bridgehead atoms. The van der Waals surface area contributed by atoms with Crippen molar-refractivity contribution in [2.24, 2.45) is 5.92 Å². The van der Waals surface area contributed by atoms with Crippen molar-refractivity contribution in [1.82, 2.24) is 9.97 Å². The second-order valence-corrected chi connectivity index (χ2v) is 4.88. The molecule has 3 nitrogen and oxygen atoms in total. The summed E-state index contributed by atoms with van der Waals surface area (Å²) in [7, 11) is 0. The number of aromatic nitrogens is 2. The van der Waals surface area contributed by atoms with E-state index in [9.17, 15) is 0 Å². The average Bonchev–Trinajstić information content (AvgIpc) is 2.63. The summed E-state index contributed by atoms with van der Waals surface area (Å²) in [4.78, 5) is 8.80. The van der Waals surface area contributed by atoms with Crippen molar-refractivity contribution in [2.75, 3.05) is 11.2 Å². The van der Waals surface area contributed by atoms with E-state index in [1.165, 1.54) is 19.3 Å². The number of nitrogens with one attached hydrogen (secondary N) is 1. The molecule has 1 aliphatic carbocycles. The fourth-order valence-electron chi connectivity index (χ4n) is 2.37. The molecule has 1 aromatic rings. The lowest BCUT2D eigenvalue weighted by atomic mass is 10.1. The summed E-state index contributed by atoms with van der Waals surface area (Å²) in [5, 5.41) is 3.42. The van der Waals surface area contributed by atoms with Gasteiger partial charge in [-0.25, -0.2) is 9.97 Å². The first-order valence-electron chi connectivity index (χ1n) is 5.84. The highest BCUT2D eigenvalue weighted by atomic mass is 35.5. The van der Waals surface area contributed by atoms with Crippen LogP contribution in [0, 0.1) is 19.8 Å². The van der Waals surface area contributed by atoms with E-state index in [1.807, 2.05) is 19.9 Å². The Morgan fingerprint density at radius 2 is 2.00 bits per heavy atom. The molecule has 1 heterocycles. The van der Waals surface area contributed by atoms with Gasteiger partial charge in [0.05, 0.1) is 0 Å².